The van der Waals surface area contributed by atoms with Gasteiger partial charge >= 0.3 is 0 Å². The van der Waals surface area contributed by atoms with Crippen LogP contribution in [0, 0.1) is 6.92 Å². The summed E-state index contributed by atoms with van der Waals surface area (Å²) in [6, 6.07) is 13.6. The molecular weight excluding hydrogens is 332 g/mol. The van der Waals surface area contributed by atoms with Crippen LogP contribution in [0.4, 0.5) is 5.82 Å². The van der Waals surface area contributed by atoms with Crippen LogP contribution in [0.1, 0.15) is 5.82 Å². The fourth-order valence-corrected chi connectivity index (χ4v) is 2.42. The smallest absolute Gasteiger partial charge is 0.224 e. The number of nitrogens with two attached hydrogens (primary N) is 1. The predicted molar refractivity (Wildman–Crippen MR) is 86.3 cm³/mol. The molecule has 5 nitrogen and oxygen atoms in total. The van der Waals surface area contributed by atoms with E-state index in [0.29, 0.717) is 23.3 Å². The van der Waals surface area contributed by atoms with E-state index in [1.54, 1.807) is 13.0 Å². The van der Waals surface area contributed by atoms with Gasteiger partial charge in [0.1, 0.15) is 17.4 Å². The van der Waals surface area contributed by atoms with Crippen molar-refractivity contribution in [2.24, 2.45) is 5.84 Å². The number of ether oxygens (including phenoxy) is 1. The average Bonchev–Trinajstić information content (AvgIpc) is 2.47. The summed E-state index contributed by atoms with van der Waals surface area (Å²) in [5.41, 5.74) is 2.49. The van der Waals surface area contributed by atoms with Gasteiger partial charge in [-0.25, -0.2) is 10.8 Å². The van der Waals surface area contributed by atoms with Crippen molar-refractivity contribution in [2.75, 3.05) is 5.43 Å². The lowest BCUT2D eigenvalue weighted by Gasteiger charge is -2.08. The molecule has 0 unspecified atom stereocenters. The zero-order valence-corrected chi connectivity index (χ0v) is 12.9. The highest BCUT2D eigenvalue weighted by Gasteiger charge is 2.04. The van der Waals surface area contributed by atoms with Gasteiger partial charge in [0, 0.05) is 10.5 Å². The SMILES string of the molecule is Cc1nc(NN)cc(Oc2ccc3cc(Br)ccc3c2)n1. The van der Waals surface area contributed by atoms with Crippen LogP contribution in [0.25, 0.3) is 10.8 Å². The molecule has 1 heterocycles. The summed E-state index contributed by atoms with van der Waals surface area (Å²) in [5.74, 6) is 7.64. The maximum atomic E-state index is 5.78. The number of hydrazine groups is 1. The Bertz CT molecular complexity index is 807. The molecule has 0 aliphatic carbocycles. The number of aromatic nitrogens is 2. The van der Waals surface area contributed by atoms with E-state index in [0.717, 1.165) is 15.2 Å². The van der Waals surface area contributed by atoms with Crippen LogP contribution in [0.5, 0.6) is 11.6 Å². The number of hydrogen-bond donors (Lipinski definition) is 2. The number of nitrogen functional groups attached to an aromatic ring is 1. The van der Waals surface area contributed by atoms with Gasteiger partial charge in [-0.15, -0.1) is 0 Å². The van der Waals surface area contributed by atoms with E-state index < -0.39 is 0 Å². The standard InChI is InChI=1S/C15H13BrN4O/c1-9-18-14(20-17)8-15(19-9)21-13-5-3-10-6-12(16)4-2-11(10)7-13/h2-8H,17H2,1H3,(H,18,19,20). The van der Waals surface area contributed by atoms with Gasteiger partial charge in [0.15, 0.2) is 0 Å². The number of fused-ring (bicyclic) bond motifs is 1. The number of rotatable bonds is 3. The minimum absolute atomic E-state index is 0.451. The molecule has 3 rings (SSSR count). The first-order chi connectivity index (χ1) is 10.1. The molecular formula is C15H13BrN4O. The van der Waals surface area contributed by atoms with E-state index in [4.69, 9.17) is 10.6 Å². The van der Waals surface area contributed by atoms with Gasteiger partial charge in [-0.2, -0.15) is 4.98 Å². The fourth-order valence-electron chi connectivity index (χ4n) is 2.05. The first-order valence-corrected chi connectivity index (χ1v) is 7.13. The van der Waals surface area contributed by atoms with Crippen molar-refractivity contribution in [3.05, 3.63) is 52.8 Å². The molecule has 0 fully saturated rings. The lowest BCUT2D eigenvalue weighted by molar-refractivity contribution is 0.461. The van der Waals surface area contributed by atoms with Crippen molar-refractivity contribution < 1.29 is 4.74 Å². The van der Waals surface area contributed by atoms with E-state index in [1.807, 2.05) is 30.3 Å². The predicted octanol–water partition coefficient (Wildman–Crippen LogP) is 3.78. The maximum Gasteiger partial charge on any atom is 0.224 e. The molecule has 0 aliphatic heterocycles. The van der Waals surface area contributed by atoms with Gasteiger partial charge in [0.25, 0.3) is 0 Å². The van der Waals surface area contributed by atoms with Gasteiger partial charge in [0.2, 0.25) is 5.88 Å². The Morgan fingerprint density at radius 2 is 1.81 bits per heavy atom. The number of nitrogens with one attached hydrogen (secondary N) is 1. The fraction of sp³-hybridized carbons (Fsp3) is 0.0667. The van der Waals surface area contributed by atoms with E-state index in [9.17, 15) is 0 Å². The van der Waals surface area contributed by atoms with Crippen molar-refractivity contribution in [1.82, 2.24) is 9.97 Å². The zero-order chi connectivity index (χ0) is 14.8. The minimum Gasteiger partial charge on any atom is -0.439 e. The lowest BCUT2D eigenvalue weighted by atomic mass is 10.1. The number of aryl methyl sites for hydroxylation is 1. The molecule has 0 saturated heterocycles. The molecule has 0 saturated carbocycles. The Hall–Kier alpha value is -2.18. The molecule has 0 aliphatic rings. The van der Waals surface area contributed by atoms with E-state index in [1.165, 1.54) is 0 Å². The van der Waals surface area contributed by atoms with Crippen molar-refractivity contribution in [3.63, 3.8) is 0 Å². The van der Waals surface area contributed by atoms with Crippen LogP contribution in [0.15, 0.2) is 46.9 Å². The third kappa shape index (κ3) is 3.12. The van der Waals surface area contributed by atoms with Gasteiger partial charge in [-0.3, -0.25) is 0 Å². The largest absolute Gasteiger partial charge is 0.439 e. The molecule has 6 heteroatoms. The summed E-state index contributed by atoms with van der Waals surface area (Å²) in [6.45, 7) is 1.78. The van der Waals surface area contributed by atoms with Gasteiger partial charge in [-0.1, -0.05) is 28.1 Å². The van der Waals surface area contributed by atoms with Crippen LogP contribution < -0.4 is 16.0 Å². The molecule has 21 heavy (non-hydrogen) atoms. The lowest BCUT2D eigenvalue weighted by Crippen LogP contribution is -2.09. The average molecular weight is 345 g/mol. The number of hydrogen-bond acceptors (Lipinski definition) is 5. The molecule has 106 valence electrons. The Morgan fingerprint density at radius 1 is 1.05 bits per heavy atom. The Kier molecular flexibility index (Phi) is 3.72. The van der Waals surface area contributed by atoms with Gasteiger partial charge in [-0.05, 0) is 42.0 Å². The Balaban J connectivity index is 1.94. The van der Waals surface area contributed by atoms with Crippen molar-refractivity contribution in [2.45, 2.75) is 6.92 Å². The summed E-state index contributed by atoms with van der Waals surface area (Å²) in [7, 11) is 0. The maximum absolute atomic E-state index is 5.78. The number of anilines is 1. The first-order valence-electron chi connectivity index (χ1n) is 6.33. The molecule has 0 amide bonds. The van der Waals surface area contributed by atoms with E-state index >= 15 is 0 Å². The molecule has 0 spiro atoms. The molecule has 2 aromatic carbocycles. The van der Waals surface area contributed by atoms with Crippen LogP contribution >= 0.6 is 15.9 Å². The summed E-state index contributed by atoms with van der Waals surface area (Å²) < 4.78 is 6.83. The zero-order valence-electron chi connectivity index (χ0n) is 11.3. The monoisotopic (exact) mass is 344 g/mol. The number of halogens is 1. The van der Waals surface area contributed by atoms with Crippen molar-refractivity contribution >= 4 is 32.5 Å². The molecule has 0 radical (unpaired) electrons. The van der Waals surface area contributed by atoms with Crippen LogP contribution in [-0.2, 0) is 0 Å². The quantitative estimate of drug-likeness (QED) is 0.558. The third-order valence-electron chi connectivity index (χ3n) is 2.96. The highest BCUT2D eigenvalue weighted by atomic mass is 79.9. The minimum atomic E-state index is 0.451. The third-order valence-corrected chi connectivity index (χ3v) is 3.45. The highest BCUT2D eigenvalue weighted by molar-refractivity contribution is 9.10. The van der Waals surface area contributed by atoms with Gasteiger partial charge < -0.3 is 10.2 Å². The number of nitrogens with zero attached hydrogens (tertiary/aromatic N) is 2. The molecule has 0 bridgehead atoms. The first kappa shape index (κ1) is 13.8. The second kappa shape index (κ2) is 5.67. The molecule has 3 N–H and O–H groups in total. The second-order valence-corrected chi connectivity index (χ2v) is 5.45. The van der Waals surface area contributed by atoms with Crippen LogP contribution in [-0.4, -0.2) is 9.97 Å². The number of benzene rings is 2. The summed E-state index contributed by atoms with van der Waals surface area (Å²) >= 11 is 3.46. The highest BCUT2D eigenvalue weighted by Crippen LogP contribution is 2.27. The molecule has 1 aromatic heterocycles. The van der Waals surface area contributed by atoms with Crippen molar-refractivity contribution in [3.8, 4) is 11.6 Å². The summed E-state index contributed by atoms with van der Waals surface area (Å²) in [6.07, 6.45) is 0. The summed E-state index contributed by atoms with van der Waals surface area (Å²) in [4.78, 5) is 8.36. The van der Waals surface area contributed by atoms with Crippen molar-refractivity contribution in [1.29, 1.82) is 0 Å². The topological polar surface area (TPSA) is 73.1 Å². The Morgan fingerprint density at radius 3 is 2.62 bits per heavy atom. The van der Waals surface area contributed by atoms with E-state index in [2.05, 4.69) is 37.4 Å². The normalized spacial score (nSPS) is 10.6. The van der Waals surface area contributed by atoms with E-state index in [-0.39, 0.29) is 0 Å². The van der Waals surface area contributed by atoms with Crippen LogP contribution in [0.3, 0.4) is 0 Å². The van der Waals surface area contributed by atoms with Gasteiger partial charge in [0.05, 0.1) is 0 Å². The molecule has 3 aromatic rings. The summed E-state index contributed by atoms with van der Waals surface area (Å²) in [5, 5.41) is 2.23. The second-order valence-electron chi connectivity index (χ2n) is 4.54. The van der Waals surface area contributed by atoms with Crippen LogP contribution in [0.2, 0.25) is 0 Å². The Labute approximate surface area is 130 Å². The molecule has 0 atom stereocenters.